The Labute approximate surface area is 152 Å². The molecule has 0 aliphatic carbocycles. The largest absolute Gasteiger partial charge is 0.416 e. The van der Waals surface area contributed by atoms with E-state index in [1.165, 1.54) is 17.0 Å². The van der Waals surface area contributed by atoms with Gasteiger partial charge in [-0.3, -0.25) is 4.90 Å². The van der Waals surface area contributed by atoms with Crippen molar-refractivity contribution in [2.75, 3.05) is 46.4 Å². The van der Waals surface area contributed by atoms with Crippen LogP contribution in [-0.4, -0.2) is 62.3 Å². The number of amides is 2. The highest BCUT2D eigenvalue weighted by molar-refractivity contribution is 5.73. The molecule has 0 atom stereocenters. The lowest BCUT2D eigenvalue weighted by atomic mass is 10.1. The van der Waals surface area contributed by atoms with Crippen molar-refractivity contribution < 1.29 is 22.7 Å². The molecule has 1 aliphatic heterocycles. The molecule has 0 aromatic heterocycles. The Balaban J connectivity index is 1.64. The van der Waals surface area contributed by atoms with Crippen molar-refractivity contribution in [2.45, 2.75) is 25.6 Å². The average molecular weight is 373 g/mol. The second-order valence-corrected chi connectivity index (χ2v) is 6.44. The second kappa shape index (κ2) is 9.78. The highest BCUT2D eigenvalue weighted by Crippen LogP contribution is 2.29. The molecule has 0 bridgehead atoms. The van der Waals surface area contributed by atoms with Crippen LogP contribution >= 0.6 is 0 Å². The van der Waals surface area contributed by atoms with E-state index in [9.17, 15) is 18.0 Å². The van der Waals surface area contributed by atoms with Gasteiger partial charge in [0.1, 0.15) is 0 Å². The van der Waals surface area contributed by atoms with Crippen LogP contribution in [0.2, 0.25) is 0 Å². The van der Waals surface area contributed by atoms with Crippen molar-refractivity contribution in [3.8, 4) is 0 Å². The number of hydrogen-bond donors (Lipinski definition) is 1. The molecule has 1 aromatic rings. The molecule has 146 valence electrons. The summed E-state index contributed by atoms with van der Waals surface area (Å²) in [5.74, 6) is 0. The number of hydrogen-bond acceptors (Lipinski definition) is 3. The molecule has 1 saturated heterocycles. The van der Waals surface area contributed by atoms with Crippen LogP contribution in [-0.2, 0) is 17.5 Å². The lowest BCUT2D eigenvalue weighted by molar-refractivity contribution is -0.137. The first kappa shape index (κ1) is 20.5. The topological polar surface area (TPSA) is 44.8 Å². The molecule has 1 heterocycles. The van der Waals surface area contributed by atoms with Crippen LogP contribution in [0, 0.1) is 0 Å². The number of alkyl halides is 3. The summed E-state index contributed by atoms with van der Waals surface area (Å²) in [4.78, 5) is 15.9. The summed E-state index contributed by atoms with van der Waals surface area (Å²) < 4.78 is 42.9. The van der Waals surface area contributed by atoms with Gasteiger partial charge in [-0.2, -0.15) is 13.2 Å². The fourth-order valence-corrected chi connectivity index (χ4v) is 2.76. The fourth-order valence-electron chi connectivity index (χ4n) is 2.76. The van der Waals surface area contributed by atoms with E-state index in [4.69, 9.17) is 4.74 Å². The maximum atomic E-state index is 12.5. The molecule has 1 aromatic carbocycles. The number of ether oxygens (including phenoxy) is 1. The van der Waals surface area contributed by atoms with Gasteiger partial charge in [0.15, 0.2) is 0 Å². The summed E-state index contributed by atoms with van der Waals surface area (Å²) in [5, 5.41) is 2.84. The van der Waals surface area contributed by atoms with Gasteiger partial charge in [0.25, 0.3) is 0 Å². The maximum Gasteiger partial charge on any atom is 0.416 e. The summed E-state index contributed by atoms with van der Waals surface area (Å²) >= 11 is 0. The molecular formula is C18H26F3N3O2. The third-order valence-corrected chi connectivity index (χ3v) is 4.33. The Hall–Kier alpha value is -1.80. The Kier molecular flexibility index (Phi) is 7.71. The van der Waals surface area contributed by atoms with E-state index in [-0.39, 0.29) is 12.6 Å². The number of urea groups is 1. The SMILES string of the molecule is CN(Cc1ccc(C(F)(F)F)cc1)C(=O)NCCCCN1CCOCC1. The minimum atomic E-state index is -4.34. The van der Waals surface area contributed by atoms with Crippen LogP contribution in [0.1, 0.15) is 24.0 Å². The minimum absolute atomic E-state index is 0.226. The van der Waals surface area contributed by atoms with Crippen LogP contribution in [0.15, 0.2) is 24.3 Å². The molecule has 0 spiro atoms. The van der Waals surface area contributed by atoms with E-state index >= 15 is 0 Å². The second-order valence-electron chi connectivity index (χ2n) is 6.44. The van der Waals surface area contributed by atoms with Crippen LogP contribution in [0.5, 0.6) is 0 Å². The maximum absolute atomic E-state index is 12.5. The molecular weight excluding hydrogens is 347 g/mol. The van der Waals surface area contributed by atoms with Crippen LogP contribution in [0.25, 0.3) is 0 Å². The lowest BCUT2D eigenvalue weighted by Crippen LogP contribution is -2.38. The molecule has 2 rings (SSSR count). The normalized spacial score (nSPS) is 15.7. The van der Waals surface area contributed by atoms with Gasteiger partial charge >= 0.3 is 12.2 Å². The Morgan fingerprint density at radius 3 is 2.46 bits per heavy atom. The zero-order valence-electron chi connectivity index (χ0n) is 15.0. The predicted octanol–water partition coefficient (Wildman–Crippen LogP) is 2.96. The van der Waals surface area contributed by atoms with Crippen LogP contribution in [0.4, 0.5) is 18.0 Å². The first-order valence-electron chi connectivity index (χ1n) is 8.81. The summed E-state index contributed by atoms with van der Waals surface area (Å²) in [6.07, 6.45) is -2.46. The molecule has 8 heteroatoms. The van der Waals surface area contributed by atoms with E-state index in [1.807, 2.05) is 0 Å². The average Bonchev–Trinajstić information content (AvgIpc) is 2.62. The van der Waals surface area contributed by atoms with Gasteiger partial charge in [0, 0.05) is 33.2 Å². The first-order valence-corrected chi connectivity index (χ1v) is 8.81. The third-order valence-electron chi connectivity index (χ3n) is 4.33. The van der Waals surface area contributed by atoms with Gasteiger partial charge in [-0.25, -0.2) is 4.79 Å². The van der Waals surface area contributed by atoms with E-state index < -0.39 is 11.7 Å². The first-order chi connectivity index (χ1) is 12.4. The predicted molar refractivity (Wildman–Crippen MR) is 92.8 cm³/mol. The molecule has 5 nitrogen and oxygen atoms in total. The number of benzene rings is 1. The minimum Gasteiger partial charge on any atom is -0.379 e. The summed E-state index contributed by atoms with van der Waals surface area (Å²) in [7, 11) is 1.63. The third kappa shape index (κ3) is 6.84. The van der Waals surface area contributed by atoms with Crippen molar-refractivity contribution in [1.82, 2.24) is 15.1 Å². The zero-order valence-corrected chi connectivity index (χ0v) is 15.0. The zero-order chi connectivity index (χ0) is 19.0. The van der Waals surface area contributed by atoms with E-state index in [1.54, 1.807) is 7.05 Å². The van der Waals surface area contributed by atoms with Gasteiger partial charge in [0.05, 0.1) is 18.8 Å². The Bertz CT molecular complexity index is 558. The molecule has 26 heavy (non-hydrogen) atoms. The van der Waals surface area contributed by atoms with E-state index in [0.717, 1.165) is 57.8 Å². The molecule has 1 fully saturated rings. The Morgan fingerprint density at radius 1 is 1.19 bits per heavy atom. The number of morpholine rings is 1. The highest BCUT2D eigenvalue weighted by atomic mass is 19.4. The van der Waals surface area contributed by atoms with Crippen LogP contribution < -0.4 is 5.32 Å². The number of nitrogens with one attached hydrogen (secondary N) is 1. The van der Waals surface area contributed by atoms with Gasteiger partial charge < -0.3 is 15.0 Å². The van der Waals surface area contributed by atoms with Gasteiger partial charge in [-0.15, -0.1) is 0 Å². The molecule has 0 radical (unpaired) electrons. The van der Waals surface area contributed by atoms with E-state index in [2.05, 4.69) is 10.2 Å². The number of halogens is 3. The fraction of sp³-hybridized carbons (Fsp3) is 0.611. The molecule has 1 aliphatic rings. The van der Waals surface area contributed by atoms with Crippen molar-refractivity contribution in [3.05, 3.63) is 35.4 Å². The summed E-state index contributed by atoms with van der Waals surface area (Å²) in [5.41, 5.74) is -0.0309. The quantitative estimate of drug-likeness (QED) is 0.748. The van der Waals surface area contributed by atoms with Gasteiger partial charge in [-0.05, 0) is 37.1 Å². The van der Waals surface area contributed by atoms with Crippen LogP contribution in [0.3, 0.4) is 0 Å². The van der Waals surface area contributed by atoms with Crippen molar-refractivity contribution >= 4 is 6.03 Å². The molecule has 1 N–H and O–H groups in total. The number of rotatable bonds is 7. The monoisotopic (exact) mass is 373 g/mol. The summed E-state index contributed by atoms with van der Waals surface area (Å²) in [6, 6.07) is 4.64. The van der Waals surface area contributed by atoms with Gasteiger partial charge in [0.2, 0.25) is 0 Å². The number of nitrogens with zero attached hydrogens (tertiary/aromatic N) is 2. The van der Waals surface area contributed by atoms with Crippen molar-refractivity contribution in [3.63, 3.8) is 0 Å². The molecule has 0 saturated carbocycles. The molecule has 2 amide bonds. The Morgan fingerprint density at radius 2 is 1.85 bits per heavy atom. The van der Waals surface area contributed by atoms with Gasteiger partial charge in [-0.1, -0.05) is 12.1 Å². The van der Waals surface area contributed by atoms with Crippen molar-refractivity contribution in [2.24, 2.45) is 0 Å². The number of unbranched alkanes of at least 4 members (excludes halogenated alkanes) is 1. The number of carbonyl (C=O) groups is 1. The standard InChI is InChI=1S/C18H26F3N3O2/c1-23(14-15-4-6-16(7-5-15)18(19,20)21)17(25)22-8-2-3-9-24-10-12-26-13-11-24/h4-7H,2-3,8-14H2,1H3,(H,22,25). The summed E-state index contributed by atoms with van der Waals surface area (Å²) in [6.45, 7) is 5.33. The van der Waals surface area contributed by atoms with Crippen molar-refractivity contribution in [1.29, 1.82) is 0 Å². The van der Waals surface area contributed by atoms with E-state index in [0.29, 0.717) is 12.1 Å². The number of carbonyl (C=O) groups excluding carboxylic acids is 1. The molecule has 0 unspecified atom stereocenters. The smallest absolute Gasteiger partial charge is 0.379 e. The lowest BCUT2D eigenvalue weighted by Gasteiger charge is -2.26. The highest BCUT2D eigenvalue weighted by Gasteiger charge is 2.29.